The molecule has 3 atom stereocenters. The van der Waals surface area contributed by atoms with Crippen LogP contribution in [0, 0.1) is 40.6 Å². The van der Waals surface area contributed by atoms with E-state index in [4.69, 9.17) is 5.73 Å². The maximum Gasteiger partial charge on any atom is 0.321 e. The Morgan fingerprint density at radius 2 is 1.71 bits per heavy atom. The topological polar surface area (TPSA) is 114 Å². The van der Waals surface area contributed by atoms with Gasteiger partial charge in [0.15, 0.2) is 0 Å². The van der Waals surface area contributed by atoms with E-state index < -0.39 is 40.9 Å². The van der Waals surface area contributed by atoms with Gasteiger partial charge in [-0.1, -0.05) is 24.3 Å². The minimum atomic E-state index is -1.41. The third-order valence-corrected chi connectivity index (χ3v) is 7.47. The van der Waals surface area contributed by atoms with E-state index in [-0.39, 0.29) is 30.9 Å². The van der Waals surface area contributed by atoms with Gasteiger partial charge in [0.05, 0.1) is 11.6 Å². The molecule has 5 rings (SSSR count). The number of carbonyl (C=O) groups is 1. The lowest BCUT2D eigenvalue weighted by Gasteiger charge is -2.53. The van der Waals surface area contributed by atoms with Gasteiger partial charge in [-0.05, 0) is 35.4 Å². The smallest absolute Gasteiger partial charge is 0.321 e. The molecule has 0 saturated carbocycles. The highest BCUT2D eigenvalue weighted by molar-refractivity contribution is 5.89. The average molecular weight is 522 g/mol. The minimum Gasteiger partial charge on any atom is -0.384 e. The first kappa shape index (κ1) is 25.7. The molecule has 3 aromatic rings. The highest BCUT2D eigenvalue weighted by Crippen LogP contribution is 2.44. The van der Waals surface area contributed by atoms with Gasteiger partial charge in [0, 0.05) is 67.4 Å². The van der Waals surface area contributed by atoms with Crippen LogP contribution in [0.3, 0.4) is 0 Å². The normalized spacial score (nSPS) is 22.6. The van der Waals surface area contributed by atoms with Gasteiger partial charge in [-0.2, -0.15) is 5.26 Å². The number of carbonyl (C=O) groups excluding carboxylic acids is 1. The number of piperidine rings is 2. The molecule has 7 nitrogen and oxygen atoms in total. The van der Waals surface area contributed by atoms with Gasteiger partial charge < -0.3 is 26.4 Å². The second-order valence-corrected chi connectivity index (χ2v) is 9.76. The van der Waals surface area contributed by atoms with Crippen molar-refractivity contribution < 1.29 is 23.1 Å². The van der Waals surface area contributed by atoms with Crippen molar-refractivity contribution in [3.63, 3.8) is 0 Å². The SMILES string of the molecule is N#Cc1cc(CN)ccc1-c1ccc(C2(O)[C@@H]3CNC[C@H]2CN(C(=O)Nc2cc(F)cc(F)c2)C3)cc1F. The van der Waals surface area contributed by atoms with Gasteiger partial charge in [0.25, 0.3) is 0 Å². The van der Waals surface area contributed by atoms with E-state index in [1.165, 1.54) is 11.0 Å². The number of rotatable bonds is 4. The van der Waals surface area contributed by atoms with Crippen molar-refractivity contribution in [1.29, 1.82) is 5.26 Å². The second-order valence-electron chi connectivity index (χ2n) is 9.76. The summed E-state index contributed by atoms with van der Waals surface area (Å²) in [5.41, 5.74) is 6.36. The maximum atomic E-state index is 15.5. The molecular formula is C28H26F3N5O2. The molecule has 0 spiro atoms. The van der Waals surface area contributed by atoms with Crippen LogP contribution in [0.4, 0.5) is 23.7 Å². The standard InChI is InChI=1S/C28H26F3N5O2/c29-21-7-22(30)9-23(8-21)35-27(37)36-14-19-12-34-13-20(15-36)28(19,38)18-2-4-25(26(31)6-18)24-3-1-16(10-32)5-17(24)11-33/h1-9,19-20,34,38H,10,12-15,32H2,(H,35,37)/t19-,20+,28?. The molecule has 2 aliphatic heterocycles. The number of hydrogen-bond donors (Lipinski definition) is 4. The first-order chi connectivity index (χ1) is 18.2. The highest BCUT2D eigenvalue weighted by atomic mass is 19.1. The Kier molecular flexibility index (Phi) is 6.84. The molecule has 1 unspecified atom stereocenters. The van der Waals surface area contributed by atoms with Gasteiger partial charge in [-0.15, -0.1) is 0 Å². The number of nitrogens with two attached hydrogens (primary N) is 1. The quantitative estimate of drug-likeness (QED) is 0.418. The lowest BCUT2D eigenvalue weighted by Crippen LogP contribution is -2.65. The second kappa shape index (κ2) is 10.1. The summed E-state index contributed by atoms with van der Waals surface area (Å²) in [7, 11) is 0. The van der Waals surface area contributed by atoms with Gasteiger partial charge >= 0.3 is 6.03 Å². The Bertz CT molecular complexity index is 1410. The van der Waals surface area contributed by atoms with Crippen LogP contribution in [0.15, 0.2) is 54.6 Å². The largest absolute Gasteiger partial charge is 0.384 e. The molecule has 3 aromatic carbocycles. The first-order valence-corrected chi connectivity index (χ1v) is 12.2. The summed E-state index contributed by atoms with van der Waals surface area (Å²) < 4.78 is 42.5. The van der Waals surface area contributed by atoms with Crippen LogP contribution in [0.2, 0.25) is 0 Å². The summed E-state index contributed by atoms with van der Waals surface area (Å²) >= 11 is 0. The van der Waals surface area contributed by atoms with Crippen LogP contribution in [-0.4, -0.2) is 42.2 Å². The summed E-state index contributed by atoms with van der Waals surface area (Å²) in [6.45, 7) is 1.31. The highest BCUT2D eigenvalue weighted by Gasteiger charge is 2.52. The summed E-state index contributed by atoms with van der Waals surface area (Å²) in [6, 6.07) is 13.9. The molecular weight excluding hydrogens is 495 g/mol. The fraction of sp³-hybridized carbons (Fsp3) is 0.286. The van der Waals surface area contributed by atoms with Crippen molar-refractivity contribution >= 4 is 11.7 Å². The van der Waals surface area contributed by atoms with Crippen molar-refractivity contribution in [3.8, 4) is 17.2 Å². The number of urea groups is 1. The number of amides is 2. The van der Waals surface area contributed by atoms with E-state index in [1.54, 1.807) is 30.3 Å². The summed E-state index contributed by atoms with van der Waals surface area (Å²) in [5, 5.41) is 27.2. The van der Waals surface area contributed by atoms with Crippen LogP contribution in [0.25, 0.3) is 11.1 Å². The third-order valence-electron chi connectivity index (χ3n) is 7.47. The summed E-state index contributed by atoms with van der Waals surface area (Å²) in [4.78, 5) is 14.4. The lowest BCUT2D eigenvalue weighted by molar-refractivity contribution is -0.129. The zero-order valence-corrected chi connectivity index (χ0v) is 20.3. The van der Waals surface area contributed by atoms with E-state index >= 15 is 4.39 Å². The van der Waals surface area contributed by atoms with Gasteiger partial charge in [0.1, 0.15) is 23.1 Å². The van der Waals surface area contributed by atoms with Gasteiger partial charge in [-0.3, -0.25) is 0 Å². The van der Waals surface area contributed by atoms with E-state index in [2.05, 4.69) is 16.7 Å². The van der Waals surface area contributed by atoms with Crippen molar-refractivity contribution in [1.82, 2.24) is 10.2 Å². The van der Waals surface area contributed by atoms with Gasteiger partial charge in [0.2, 0.25) is 0 Å². The molecule has 2 saturated heterocycles. The molecule has 2 fully saturated rings. The fourth-order valence-electron chi connectivity index (χ4n) is 5.58. The van der Waals surface area contributed by atoms with Crippen LogP contribution in [0.5, 0.6) is 0 Å². The van der Waals surface area contributed by atoms with Crippen molar-refractivity contribution in [2.45, 2.75) is 12.1 Å². The number of likely N-dealkylation sites (tertiary alicyclic amines) is 1. The van der Waals surface area contributed by atoms with Crippen molar-refractivity contribution in [3.05, 3.63) is 88.7 Å². The van der Waals surface area contributed by atoms with Crippen LogP contribution in [-0.2, 0) is 12.1 Å². The Morgan fingerprint density at radius 1 is 1.05 bits per heavy atom. The van der Waals surface area contributed by atoms with E-state index in [0.717, 1.165) is 17.7 Å². The molecule has 10 heteroatoms. The molecule has 5 N–H and O–H groups in total. The monoisotopic (exact) mass is 521 g/mol. The van der Waals surface area contributed by atoms with Crippen LogP contribution in [0.1, 0.15) is 16.7 Å². The Balaban J connectivity index is 1.40. The number of nitrogens with zero attached hydrogens (tertiary/aromatic N) is 2. The van der Waals surface area contributed by atoms with Gasteiger partial charge in [-0.25, -0.2) is 18.0 Å². The predicted molar refractivity (Wildman–Crippen MR) is 135 cm³/mol. The Morgan fingerprint density at radius 3 is 2.32 bits per heavy atom. The van der Waals surface area contributed by atoms with Crippen molar-refractivity contribution in [2.24, 2.45) is 17.6 Å². The molecule has 0 aliphatic carbocycles. The zero-order valence-electron chi connectivity index (χ0n) is 20.3. The molecule has 2 amide bonds. The number of hydrogen-bond acceptors (Lipinski definition) is 5. The third kappa shape index (κ3) is 4.60. The number of aliphatic hydroxyl groups is 1. The Hall–Kier alpha value is -3.91. The molecule has 0 aromatic heterocycles. The number of nitriles is 1. The van der Waals surface area contributed by atoms with E-state index in [0.29, 0.717) is 35.8 Å². The van der Waals surface area contributed by atoms with Crippen LogP contribution < -0.4 is 16.4 Å². The average Bonchev–Trinajstić information content (AvgIpc) is 2.87. The zero-order chi connectivity index (χ0) is 27.0. The predicted octanol–water partition coefficient (Wildman–Crippen LogP) is 3.67. The van der Waals surface area contributed by atoms with E-state index in [9.17, 15) is 23.9 Å². The molecule has 2 heterocycles. The van der Waals surface area contributed by atoms with Crippen molar-refractivity contribution in [2.75, 3.05) is 31.5 Å². The molecule has 38 heavy (non-hydrogen) atoms. The number of benzene rings is 3. The lowest BCUT2D eigenvalue weighted by atomic mass is 9.67. The minimum absolute atomic E-state index is 0.00878. The molecule has 196 valence electrons. The molecule has 0 radical (unpaired) electrons. The van der Waals surface area contributed by atoms with E-state index in [1.807, 2.05) is 0 Å². The maximum absolute atomic E-state index is 15.5. The fourth-order valence-corrected chi connectivity index (χ4v) is 5.58. The summed E-state index contributed by atoms with van der Waals surface area (Å²) in [6.07, 6.45) is 0. The number of halogens is 3. The molecule has 2 aliphatic rings. The first-order valence-electron chi connectivity index (χ1n) is 12.2. The van der Waals surface area contributed by atoms with Crippen LogP contribution >= 0.6 is 0 Å². The number of anilines is 1. The number of fused-ring (bicyclic) bond motifs is 2. The summed E-state index contributed by atoms with van der Waals surface area (Å²) in [5.74, 6) is -3.12. The number of nitrogens with one attached hydrogen (secondary N) is 2. The Labute approximate surface area is 217 Å². The molecule has 2 bridgehead atoms.